The molecule has 0 aliphatic carbocycles. The molecule has 1 amide bonds. The van der Waals surface area contributed by atoms with E-state index in [9.17, 15) is 19.8 Å². The predicted octanol–water partition coefficient (Wildman–Crippen LogP) is 7.96. The number of rotatable bonds is 14. The fourth-order valence-electron chi connectivity index (χ4n) is 11.3. The number of hydrogen-bond donors (Lipinski definition) is 6. The summed E-state index contributed by atoms with van der Waals surface area (Å²) in [4.78, 5) is 58.4. The van der Waals surface area contributed by atoms with Gasteiger partial charge in [-0.3, -0.25) is 4.79 Å². The van der Waals surface area contributed by atoms with Crippen molar-refractivity contribution in [3.8, 4) is 35.0 Å². The van der Waals surface area contributed by atoms with Gasteiger partial charge in [0.1, 0.15) is 35.8 Å². The van der Waals surface area contributed by atoms with Crippen LogP contribution in [0.4, 0.5) is 35.2 Å². The Balaban J connectivity index is 0.000000168. The van der Waals surface area contributed by atoms with Gasteiger partial charge in [-0.25, -0.2) is 24.7 Å². The Morgan fingerprint density at radius 3 is 1.61 bits per heavy atom. The molecule has 8 aromatic rings. The van der Waals surface area contributed by atoms with Gasteiger partial charge in [0.2, 0.25) is 11.9 Å². The summed E-state index contributed by atoms with van der Waals surface area (Å²) in [7, 11) is 3.36. The molecular formula is C64H70N16O7. The minimum atomic E-state index is -0.977. The minimum absolute atomic E-state index is 0.0270. The highest BCUT2D eigenvalue weighted by atomic mass is 16.5. The van der Waals surface area contributed by atoms with Crippen LogP contribution in [0.5, 0.6) is 11.5 Å². The van der Waals surface area contributed by atoms with Crippen LogP contribution < -0.4 is 35.2 Å². The summed E-state index contributed by atoms with van der Waals surface area (Å²) in [5.41, 5.74) is 12.1. The quantitative estimate of drug-likeness (QED) is 0.0602. The van der Waals surface area contributed by atoms with Gasteiger partial charge >= 0.3 is 5.97 Å². The number of aliphatic hydroxyl groups is 2. The zero-order valence-corrected chi connectivity index (χ0v) is 49.6. The molecule has 0 radical (unpaired) electrons. The lowest BCUT2D eigenvalue weighted by Crippen LogP contribution is -2.39. The molecule has 4 aliphatic rings. The van der Waals surface area contributed by atoms with E-state index < -0.39 is 5.97 Å². The normalized spacial score (nSPS) is 15.8. The number of aromatic carboxylic acids is 1. The van der Waals surface area contributed by atoms with Gasteiger partial charge in [-0.1, -0.05) is 0 Å². The number of methoxy groups -OCH3 is 2. The van der Waals surface area contributed by atoms with Gasteiger partial charge in [-0.15, -0.1) is 0 Å². The van der Waals surface area contributed by atoms with E-state index in [1.54, 1.807) is 56.0 Å². The monoisotopic (exact) mass is 1170 g/mol. The van der Waals surface area contributed by atoms with Crippen LogP contribution in [0.25, 0.3) is 11.4 Å². The van der Waals surface area contributed by atoms with Crippen LogP contribution in [0, 0.1) is 50.4 Å². The standard InChI is InChI=1S/C32H34N8O3.C24H31N7O2.C8H5NO2/c1-20-13-25(14-28(43-3)21(20)2)39-17-29(34-19-39)36-32-35-27-10-12-38(31(42)23-8-6-22(15-33)7-9-23)16-26(27)30(37-32)40-11-4-5-24(40)18-41;1-15-9-18(10-21(33-3)16(15)2)30-12-22(26-14-30)28-24-27-20-6-7-25-11-19(20)23(29-24)31-8-4-5-17(31)13-32;9-5-6-1-3-7(4-2-6)8(10)11/h6-9,13-14,17,19,24,41H,4-5,10-12,16,18H2,1-3H3,(H,35,36,37);9-10,12,14,17,25,32H,4-8,11,13H2,1-3H3,(H,27,28,29);1-4H,(H,10,11)/t24-;17-;/m00./s1. The third-order valence-electron chi connectivity index (χ3n) is 16.4. The number of nitrogens with zero attached hydrogens (tertiary/aromatic N) is 13. The summed E-state index contributed by atoms with van der Waals surface area (Å²) in [6.45, 7) is 12.6. The van der Waals surface area contributed by atoms with E-state index in [2.05, 4.69) is 74.7 Å². The molecule has 0 spiro atoms. The number of ether oxygens (including phenoxy) is 2. The second-order valence-electron chi connectivity index (χ2n) is 21.8. The highest BCUT2D eigenvalue weighted by Crippen LogP contribution is 2.36. The zero-order valence-electron chi connectivity index (χ0n) is 49.6. The number of nitriles is 2. The first kappa shape index (κ1) is 60.2. The Morgan fingerprint density at radius 2 is 1.14 bits per heavy atom. The van der Waals surface area contributed by atoms with Crippen molar-refractivity contribution in [3.05, 3.63) is 165 Å². The second kappa shape index (κ2) is 27.0. The third-order valence-corrected chi connectivity index (χ3v) is 16.4. The van der Waals surface area contributed by atoms with Crippen molar-refractivity contribution >= 4 is 47.0 Å². The third kappa shape index (κ3) is 13.5. The van der Waals surface area contributed by atoms with Crippen molar-refractivity contribution in [1.29, 1.82) is 10.5 Å². The molecule has 0 saturated carbocycles. The van der Waals surface area contributed by atoms with Crippen LogP contribution in [-0.4, -0.2) is 137 Å². The van der Waals surface area contributed by atoms with Crippen molar-refractivity contribution in [2.45, 2.75) is 91.4 Å². The molecule has 4 aliphatic heterocycles. The number of anilines is 6. The number of carbonyl (C=O) groups excluding carboxylic acids is 1. The molecule has 0 bridgehead atoms. The number of carboxylic acid groups (broad SMARTS) is 1. The molecular weight excluding hydrogens is 1100 g/mol. The van der Waals surface area contributed by atoms with Crippen molar-refractivity contribution in [1.82, 2.24) is 49.3 Å². The predicted molar refractivity (Wildman–Crippen MR) is 328 cm³/mol. The molecule has 4 aromatic carbocycles. The maximum absolute atomic E-state index is 13.4. The van der Waals surface area contributed by atoms with Crippen LogP contribution >= 0.6 is 0 Å². The van der Waals surface area contributed by atoms with E-state index in [-0.39, 0.29) is 36.8 Å². The number of imidazole rings is 2. The first-order chi connectivity index (χ1) is 42.2. The van der Waals surface area contributed by atoms with E-state index in [0.29, 0.717) is 59.7 Å². The number of aliphatic hydroxyl groups excluding tert-OH is 2. The Hall–Kier alpha value is -9.94. The SMILES string of the molecule is COc1cc(-n2cnc(Nc3nc4c(c(N5CCC[C@H]5CO)n3)CN(C(=O)c3ccc(C#N)cc3)CC4)c2)cc(C)c1C.COc1cc(-n2cnc(Nc3nc4c(c(N5CCC[C@H]5CO)n3)CNCC4)c2)cc(C)c1C.N#Cc1ccc(C(=O)O)cc1. The molecule has 2 fully saturated rings. The lowest BCUT2D eigenvalue weighted by Gasteiger charge is -2.33. The van der Waals surface area contributed by atoms with Gasteiger partial charge in [-0.05, 0) is 136 Å². The Kier molecular flexibility index (Phi) is 18.7. The van der Waals surface area contributed by atoms with E-state index in [1.807, 2.05) is 46.7 Å². The molecule has 8 heterocycles. The molecule has 448 valence electrons. The van der Waals surface area contributed by atoms with Crippen LogP contribution in [0.3, 0.4) is 0 Å². The molecule has 2 atom stereocenters. The summed E-state index contributed by atoms with van der Waals surface area (Å²) < 4.78 is 15.0. The fourth-order valence-corrected chi connectivity index (χ4v) is 11.3. The first-order valence-corrected chi connectivity index (χ1v) is 28.9. The van der Waals surface area contributed by atoms with Gasteiger partial charge in [0, 0.05) is 74.4 Å². The van der Waals surface area contributed by atoms with Crippen LogP contribution in [0.1, 0.15) is 102 Å². The number of carboxylic acids is 1. The molecule has 0 unspecified atom stereocenters. The zero-order chi connectivity index (χ0) is 61.3. The number of carbonyl (C=O) groups is 2. The van der Waals surface area contributed by atoms with Crippen molar-refractivity contribution < 1.29 is 34.4 Å². The average molecular weight is 1180 g/mol. The highest BCUT2D eigenvalue weighted by molar-refractivity contribution is 5.94. The summed E-state index contributed by atoms with van der Waals surface area (Å²) in [6.07, 6.45) is 12.6. The number of benzene rings is 4. The van der Waals surface area contributed by atoms with E-state index in [0.717, 1.165) is 138 Å². The van der Waals surface area contributed by atoms with E-state index in [4.69, 9.17) is 45.0 Å². The Labute approximate surface area is 504 Å². The number of hydrogen-bond acceptors (Lipinski definition) is 19. The molecule has 4 aromatic heterocycles. The lowest BCUT2D eigenvalue weighted by molar-refractivity contribution is 0.0694. The largest absolute Gasteiger partial charge is 0.496 e. The van der Waals surface area contributed by atoms with Gasteiger partial charge in [0.15, 0.2) is 11.6 Å². The maximum atomic E-state index is 13.4. The Bertz CT molecular complexity index is 3890. The smallest absolute Gasteiger partial charge is 0.335 e. The average Bonchev–Trinajstić information content (AvgIpc) is 2.69. The second-order valence-corrected chi connectivity index (χ2v) is 21.8. The fraction of sp³-hybridized carbons (Fsp3) is 0.344. The molecule has 23 nitrogen and oxygen atoms in total. The first-order valence-electron chi connectivity index (χ1n) is 28.9. The Morgan fingerprint density at radius 1 is 0.655 bits per heavy atom. The summed E-state index contributed by atoms with van der Waals surface area (Å²) in [5, 5.41) is 55.9. The van der Waals surface area contributed by atoms with Crippen LogP contribution in [0.15, 0.2) is 97.8 Å². The number of aromatic nitrogens is 8. The topological polar surface area (TPSA) is 294 Å². The summed E-state index contributed by atoms with van der Waals surface area (Å²) >= 11 is 0. The highest BCUT2D eigenvalue weighted by Gasteiger charge is 2.34. The van der Waals surface area contributed by atoms with Gasteiger partial charge in [0.05, 0.1) is 110 Å². The molecule has 87 heavy (non-hydrogen) atoms. The maximum Gasteiger partial charge on any atom is 0.335 e. The van der Waals surface area contributed by atoms with E-state index >= 15 is 0 Å². The van der Waals surface area contributed by atoms with Gasteiger partial charge in [0.25, 0.3) is 5.91 Å². The number of nitrogens with one attached hydrogen (secondary N) is 3. The molecule has 12 rings (SSSR count). The minimum Gasteiger partial charge on any atom is -0.496 e. The molecule has 2 saturated heterocycles. The summed E-state index contributed by atoms with van der Waals surface area (Å²) in [5.74, 6) is 4.48. The van der Waals surface area contributed by atoms with Crippen LogP contribution in [-0.2, 0) is 25.9 Å². The van der Waals surface area contributed by atoms with Crippen molar-refractivity contribution in [2.24, 2.45) is 0 Å². The van der Waals surface area contributed by atoms with Crippen molar-refractivity contribution in [3.63, 3.8) is 0 Å². The van der Waals surface area contributed by atoms with Gasteiger partial charge < -0.3 is 64.6 Å². The lowest BCUT2D eigenvalue weighted by atomic mass is 10.0. The number of amides is 1. The molecule has 23 heteroatoms. The van der Waals surface area contributed by atoms with E-state index in [1.165, 1.54) is 24.3 Å². The number of fused-ring (bicyclic) bond motifs is 2. The number of aryl methyl sites for hydroxylation is 2. The summed E-state index contributed by atoms with van der Waals surface area (Å²) in [6, 6.07) is 24.7. The van der Waals surface area contributed by atoms with Crippen LogP contribution in [0.2, 0.25) is 0 Å². The van der Waals surface area contributed by atoms with Crippen molar-refractivity contribution in [2.75, 3.05) is 74.0 Å². The van der Waals surface area contributed by atoms with Gasteiger partial charge in [-0.2, -0.15) is 20.5 Å². The molecule has 6 N–H and O–H groups in total.